The van der Waals surface area contributed by atoms with E-state index in [0.717, 1.165) is 5.56 Å². The molecule has 108 valence electrons. The molecule has 6 heteroatoms. The predicted molar refractivity (Wildman–Crippen MR) is 78.8 cm³/mol. The van der Waals surface area contributed by atoms with Crippen molar-refractivity contribution in [1.29, 1.82) is 0 Å². The number of hydrazone groups is 1. The number of hydrogen-bond acceptors (Lipinski definition) is 5. The van der Waals surface area contributed by atoms with Gasteiger partial charge in [-0.05, 0) is 35.9 Å². The normalized spacial score (nSPS) is 10.4. The summed E-state index contributed by atoms with van der Waals surface area (Å²) < 4.78 is 10.3. The Morgan fingerprint density at radius 1 is 1.24 bits per heavy atom. The molecule has 1 N–H and O–H groups in total. The summed E-state index contributed by atoms with van der Waals surface area (Å²) in [5.41, 5.74) is 3.66. The Bertz CT molecular complexity index is 642. The number of ether oxygens (including phenoxy) is 2. The van der Waals surface area contributed by atoms with Crippen molar-refractivity contribution in [3.8, 4) is 11.5 Å². The van der Waals surface area contributed by atoms with Crippen LogP contribution in [0.4, 0.5) is 0 Å². The van der Waals surface area contributed by atoms with Crippen molar-refractivity contribution in [2.24, 2.45) is 5.10 Å². The highest BCUT2D eigenvalue weighted by Crippen LogP contribution is 2.26. The van der Waals surface area contributed by atoms with Gasteiger partial charge in [0.05, 0.1) is 26.0 Å². The quantitative estimate of drug-likeness (QED) is 0.672. The van der Waals surface area contributed by atoms with Crippen molar-refractivity contribution in [1.82, 2.24) is 10.4 Å². The Morgan fingerprint density at radius 3 is 2.71 bits per heavy atom. The van der Waals surface area contributed by atoms with Crippen LogP contribution in [0.5, 0.6) is 11.5 Å². The van der Waals surface area contributed by atoms with Gasteiger partial charge in [-0.1, -0.05) is 0 Å². The number of carbonyl (C=O) groups excluding carboxylic acids is 1. The zero-order chi connectivity index (χ0) is 15.1. The van der Waals surface area contributed by atoms with Gasteiger partial charge in [0.15, 0.2) is 11.5 Å². The lowest BCUT2D eigenvalue weighted by Crippen LogP contribution is -2.17. The van der Waals surface area contributed by atoms with Crippen molar-refractivity contribution >= 4 is 12.1 Å². The van der Waals surface area contributed by atoms with Gasteiger partial charge in [-0.25, -0.2) is 5.43 Å². The second-order valence-corrected chi connectivity index (χ2v) is 4.06. The fraction of sp³-hybridized carbons (Fsp3) is 0.133. The summed E-state index contributed by atoms with van der Waals surface area (Å²) in [5.74, 6) is 0.911. The zero-order valence-electron chi connectivity index (χ0n) is 11.7. The Labute approximate surface area is 122 Å². The van der Waals surface area contributed by atoms with E-state index in [2.05, 4.69) is 15.5 Å². The number of hydrogen-bond donors (Lipinski definition) is 1. The third kappa shape index (κ3) is 3.79. The van der Waals surface area contributed by atoms with E-state index in [1.165, 1.54) is 12.4 Å². The van der Waals surface area contributed by atoms with E-state index in [4.69, 9.17) is 9.47 Å². The first-order chi connectivity index (χ1) is 10.2. The molecular weight excluding hydrogens is 270 g/mol. The Kier molecular flexibility index (Phi) is 4.87. The summed E-state index contributed by atoms with van der Waals surface area (Å²) in [5, 5.41) is 3.90. The molecule has 1 amide bonds. The second kappa shape index (κ2) is 7.04. The van der Waals surface area contributed by atoms with Crippen molar-refractivity contribution in [2.45, 2.75) is 0 Å². The number of amides is 1. The summed E-state index contributed by atoms with van der Waals surface area (Å²) in [4.78, 5) is 15.6. The van der Waals surface area contributed by atoms with E-state index in [1.807, 2.05) is 0 Å². The molecule has 6 nitrogen and oxygen atoms in total. The molecule has 0 aliphatic carbocycles. The van der Waals surface area contributed by atoms with Gasteiger partial charge in [0.2, 0.25) is 0 Å². The van der Waals surface area contributed by atoms with Crippen LogP contribution >= 0.6 is 0 Å². The van der Waals surface area contributed by atoms with E-state index >= 15 is 0 Å². The molecule has 0 unspecified atom stereocenters. The molecule has 2 rings (SSSR count). The average molecular weight is 285 g/mol. The van der Waals surface area contributed by atoms with Crippen LogP contribution in [0.2, 0.25) is 0 Å². The highest BCUT2D eigenvalue weighted by molar-refractivity contribution is 5.94. The van der Waals surface area contributed by atoms with E-state index in [-0.39, 0.29) is 5.91 Å². The highest BCUT2D eigenvalue weighted by atomic mass is 16.5. The number of pyridine rings is 1. The van der Waals surface area contributed by atoms with Gasteiger partial charge in [0, 0.05) is 12.4 Å². The number of nitrogens with zero attached hydrogens (tertiary/aromatic N) is 2. The number of carbonyl (C=O) groups is 1. The molecule has 0 spiro atoms. The van der Waals surface area contributed by atoms with Gasteiger partial charge < -0.3 is 9.47 Å². The van der Waals surface area contributed by atoms with Gasteiger partial charge in [-0.2, -0.15) is 5.10 Å². The molecule has 0 atom stereocenters. The minimum absolute atomic E-state index is 0.320. The number of benzene rings is 1. The fourth-order valence-corrected chi connectivity index (χ4v) is 1.66. The maximum absolute atomic E-state index is 11.7. The number of nitrogens with one attached hydrogen (secondary N) is 1. The average Bonchev–Trinajstić information content (AvgIpc) is 2.55. The molecule has 1 aromatic heterocycles. The summed E-state index contributed by atoms with van der Waals surface area (Å²) in [6.07, 6.45) is 4.60. The van der Waals surface area contributed by atoms with E-state index in [0.29, 0.717) is 17.1 Å². The van der Waals surface area contributed by atoms with Crippen LogP contribution in [0, 0.1) is 0 Å². The second-order valence-electron chi connectivity index (χ2n) is 4.06. The van der Waals surface area contributed by atoms with Crippen LogP contribution in [0.3, 0.4) is 0 Å². The third-order valence-corrected chi connectivity index (χ3v) is 2.71. The highest BCUT2D eigenvalue weighted by Gasteiger charge is 2.04. The zero-order valence-corrected chi connectivity index (χ0v) is 11.7. The van der Waals surface area contributed by atoms with Crippen LogP contribution in [0.15, 0.2) is 47.8 Å². The minimum Gasteiger partial charge on any atom is -0.493 e. The molecule has 2 aromatic rings. The first-order valence-corrected chi connectivity index (χ1v) is 6.20. The largest absolute Gasteiger partial charge is 0.493 e. The van der Waals surface area contributed by atoms with Gasteiger partial charge in [0.25, 0.3) is 5.91 Å². The molecular formula is C15H15N3O3. The molecule has 0 aliphatic rings. The SMILES string of the molecule is COc1ccc(/C=N\NC(=O)c2cccnc2)cc1OC. The smallest absolute Gasteiger partial charge is 0.272 e. The van der Waals surface area contributed by atoms with E-state index in [1.54, 1.807) is 50.7 Å². The number of rotatable bonds is 5. The van der Waals surface area contributed by atoms with Crippen LogP contribution in [-0.4, -0.2) is 31.3 Å². The van der Waals surface area contributed by atoms with Gasteiger partial charge >= 0.3 is 0 Å². The molecule has 21 heavy (non-hydrogen) atoms. The minimum atomic E-state index is -0.320. The Morgan fingerprint density at radius 2 is 2.05 bits per heavy atom. The molecule has 0 aliphatic heterocycles. The summed E-state index contributed by atoms with van der Waals surface area (Å²) in [7, 11) is 3.13. The van der Waals surface area contributed by atoms with Gasteiger partial charge in [-0.3, -0.25) is 9.78 Å². The molecule has 0 bridgehead atoms. The molecule has 0 saturated heterocycles. The maximum Gasteiger partial charge on any atom is 0.272 e. The van der Waals surface area contributed by atoms with Gasteiger partial charge in [0.1, 0.15) is 0 Å². The van der Waals surface area contributed by atoms with E-state index < -0.39 is 0 Å². The molecule has 0 fully saturated rings. The summed E-state index contributed by atoms with van der Waals surface area (Å²) in [6.45, 7) is 0. The molecule has 0 radical (unpaired) electrons. The molecule has 0 saturated carbocycles. The Hall–Kier alpha value is -2.89. The molecule has 1 heterocycles. The lowest BCUT2D eigenvalue weighted by molar-refractivity contribution is 0.0955. The van der Waals surface area contributed by atoms with Crippen molar-refractivity contribution in [2.75, 3.05) is 14.2 Å². The standard InChI is InChI=1S/C15H15N3O3/c1-20-13-6-5-11(8-14(13)21-2)9-17-18-15(19)12-4-3-7-16-10-12/h3-10H,1-2H3,(H,18,19)/b17-9-. The maximum atomic E-state index is 11.7. The Balaban J connectivity index is 2.03. The predicted octanol–water partition coefficient (Wildman–Crippen LogP) is 1.86. The van der Waals surface area contributed by atoms with Crippen LogP contribution in [0.25, 0.3) is 0 Å². The van der Waals surface area contributed by atoms with Gasteiger partial charge in [-0.15, -0.1) is 0 Å². The topological polar surface area (TPSA) is 72.8 Å². The number of aromatic nitrogens is 1. The van der Waals surface area contributed by atoms with Crippen molar-refractivity contribution in [3.63, 3.8) is 0 Å². The van der Waals surface area contributed by atoms with Crippen LogP contribution in [0.1, 0.15) is 15.9 Å². The van der Waals surface area contributed by atoms with Crippen molar-refractivity contribution in [3.05, 3.63) is 53.9 Å². The summed E-state index contributed by atoms with van der Waals surface area (Å²) in [6, 6.07) is 8.68. The van der Waals surface area contributed by atoms with E-state index in [9.17, 15) is 4.79 Å². The van der Waals surface area contributed by atoms with Crippen LogP contribution in [-0.2, 0) is 0 Å². The lowest BCUT2D eigenvalue weighted by atomic mass is 10.2. The first kappa shape index (κ1) is 14.5. The molecule has 1 aromatic carbocycles. The first-order valence-electron chi connectivity index (χ1n) is 6.20. The lowest BCUT2D eigenvalue weighted by Gasteiger charge is -2.07. The van der Waals surface area contributed by atoms with Crippen molar-refractivity contribution < 1.29 is 14.3 Å². The van der Waals surface area contributed by atoms with Crippen LogP contribution < -0.4 is 14.9 Å². The monoisotopic (exact) mass is 285 g/mol. The fourth-order valence-electron chi connectivity index (χ4n) is 1.66. The summed E-state index contributed by atoms with van der Waals surface area (Å²) >= 11 is 0. The third-order valence-electron chi connectivity index (χ3n) is 2.71. The number of methoxy groups -OCH3 is 2.